The number of amides is 1. The van der Waals surface area contributed by atoms with E-state index in [1.807, 2.05) is 0 Å². The van der Waals surface area contributed by atoms with Crippen molar-refractivity contribution in [1.29, 1.82) is 0 Å². The Balaban J connectivity index is 2.37. The summed E-state index contributed by atoms with van der Waals surface area (Å²) < 4.78 is 44.0. The van der Waals surface area contributed by atoms with E-state index < -0.39 is 29.1 Å². The summed E-state index contributed by atoms with van der Waals surface area (Å²) in [6, 6.07) is 8.63. The van der Waals surface area contributed by atoms with Gasteiger partial charge in [-0.15, -0.1) is 0 Å². The van der Waals surface area contributed by atoms with Gasteiger partial charge in [0, 0.05) is 0 Å². The molecule has 0 aliphatic heterocycles. The van der Waals surface area contributed by atoms with Crippen LogP contribution in [0.2, 0.25) is 0 Å². The summed E-state index contributed by atoms with van der Waals surface area (Å²) in [5.74, 6) is -1.65. The Bertz CT molecular complexity index is 904. The number of phenols is 1. The van der Waals surface area contributed by atoms with E-state index in [4.69, 9.17) is 4.74 Å². The van der Waals surface area contributed by atoms with Gasteiger partial charge in [0.05, 0.1) is 23.9 Å². The Hall–Kier alpha value is -3.29. The Kier molecular flexibility index (Phi) is 5.89. The number of carbonyl (C=O) groups is 2. The quantitative estimate of drug-likeness (QED) is 0.467. The van der Waals surface area contributed by atoms with Gasteiger partial charge in [0.25, 0.3) is 5.91 Å². The maximum Gasteiger partial charge on any atom is 0.418 e. The minimum Gasteiger partial charge on any atom is -0.504 e. The van der Waals surface area contributed by atoms with Crippen LogP contribution in [0, 0.1) is 0 Å². The molecule has 0 unspecified atom stereocenters. The highest BCUT2D eigenvalue weighted by Crippen LogP contribution is 2.35. The number of para-hydroxylation sites is 1. The van der Waals surface area contributed by atoms with Crippen molar-refractivity contribution in [3.8, 4) is 11.5 Å². The van der Waals surface area contributed by atoms with Gasteiger partial charge in [-0.1, -0.05) is 18.2 Å². The molecule has 0 spiro atoms. The summed E-state index contributed by atoms with van der Waals surface area (Å²) in [6.07, 6.45) is -3.49. The van der Waals surface area contributed by atoms with Gasteiger partial charge in [0.1, 0.15) is 0 Å². The maximum atomic E-state index is 13.0. The van der Waals surface area contributed by atoms with E-state index in [2.05, 4.69) is 5.32 Å². The third-order valence-corrected chi connectivity index (χ3v) is 3.62. The zero-order chi connectivity index (χ0) is 20.2. The molecule has 0 bridgehead atoms. The molecule has 0 heterocycles. The van der Waals surface area contributed by atoms with Crippen LogP contribution >= 0.6 is 0 Å². The normalized spacial score (nSPS) is 11.8. The smallest absolute Gasteiger partial charge is 0.418 e. The van der Waals surface area contributed by atoms with Crippen LogP contribution in [-0.4, -0.2) is 23.9 Å². The number of carbonyl (C=O) groups excluding carboxylic acids is 2. The molecule has 0 aliphatic carbocycles. The standard InChI is InChI=1S/C19H16F3NO4/c1-11(24)13(9-12-7-8-17(27-2)16(25)10-12)18(26)23-15-6-4-3-5-14(15)19(20,21)22/h3-10,25H,1-2H3,(H,23,26)/b13-9+. The third-order valence-electron chi connectivity index (χ3n) is 3.62. The molecule has 142 valence electrons. The highest BCUT2D eigenvalue weighted by atomic mass is 19.4. The van der Waals surface area contributed by atoms with E-state index in [0.29, 0.717) is 5.56 Å². The van der Waals surface area contributed by atoms with Crippen LogP contribution in [0.25, 0.3) is 6.08 Å². The van der Waals surface area contributed by atoms with E-state index in [0.717, 1.165) is 19.1 Å². The molecule has 2 aromatic rings. The molecule has 0 saturated heterocycles. The van der Waals surface area contributed by atoms with Crippen molar-refractivity contribution in [2.45, 2.75) is 13.1 Å². The van der Waals surface area contributed by atoms with Gasteiger partial charge >= 0.3 is 6.18 Å². The van der Waals surface area contributed by atoms with Crippen molar-refractivity contribution in [3.63, 3.8) is 0 Å². The lowest BCUT2D eigenvalue weighted by Gasteiger charge is -2.14. The summed E-state index contributed by atoms with van der Waals surface area (Å²) in [4.78, 5) is 24.2. The number of Topliss-reactive ketones (excluding diaryl/α,β-unsaturated/α-hetero) is 1. The van der Waals surface area contributed by atoms with E-state index in [1.165, 1.54) is 43.5 Å². The molecule has 0 radical (unpaired) electrons. The maximum absolute atomic E-state index is 13.0. The predicted molar refractivity (Wildman–Crippen MR) is 93.4 cm³/mol. The summed E-state index contributed by atoms with van der Waals surface area (Å²) in [5, 5.41) is 11.9. The number of hydrogen-bond acceptors (Lipinski definition) is 4. The van der Waals surface area contributed by atoms with Crippen molar-refractivity contribution in [3.05, 3.63) is 59.2 Å². The minimum atomic E-state index is -4.66. The molecule has 2 rings (SSSR count). The van der Waals surface area contributed by atoms with Crippen LogP contribution < -0.4 is 10.1 Å². The Morgan fingerprint density at radius 1 is 1.15 bits per heavy atom. The van der Waals surface area contributed by atoms with Gasteiger partial charge in [-0.3, -0.25) is 9.59 Å². The average molecular weight is 379 g/mol. The van der Waals surface area contributed by atoms with Crippen LogP contribution in [0.3, 0.4) is 0 Å². The van der Waals surface area contributed by atoms with Crippen molar-refractivity contribution in [1.82, 2.24) is 0 Å². The van der Waals surface area contributed by atoms with Gasteiger partial charge in [-0.25, -0.2) is 0 Å². The van der Waals surface area contributed by atoms with Crippen molar-refractivity contribution in [2.24, 2.45) is 0 Å². The fourth-order valence-corrected chi connectivity index (χ4v) is 2.32. The van der Waals surface area contributed by atoms with Crippen LogP contribution in [-0.2, 0) is 15.8 Å². The minimum absolute atomic E-state index is 0.195. The second-order valence-electron chi connectivity index (χ2n) is 5.54. The summed E-state index contributed by atoms with van der Waals surface area (Å²) in [6.45, 7) is 1.12. The first-order valence-electron chi connectivity index (χ1n) is 7.70. The zero-order valence-electron chi connectivity index (χ0n) is 14.4. The van der Waals surface area contributed by atoms with Gasteiger partial charge in [-0.2, -0.15) is 13.2 Å². The van der Waals surface area contributed by atoms with Crippen LogP contribution in [0.5, 0.6) is 11.5 Å². The molecular weight excluding hydrogens is 363 g/mol. The average Bonchev–Trinajstić information content (AvgIpc) is 2.59. The number of aromatic hydroxyl groups is 1. The second kappa shape index (κ2) is 7.94. The van der Waals surface area contributed by atoms with Gasteiger partial charge in [0.2, 0.25) is 0 Å². The number of benzene rings is 2. The molecule has 1 amide bonds. The van der Waals surface area contributed by atoms with E-state index in [1.54, 1.807) is 0 Å². The molecule has 0 aromatic heterocycles. The number of hydrogen-bond donors (Lipinski definition) is 2. The Morgan fingerprint density at radius 2 is 1.81 bits per heavy atom. The highest BCUT2D eigenvalue weighted by Gasteiger charge is 2.33. The van der Waals surface area contributed by atoms with Gasteiger partial charge in [0.15, 0.2) is 17.3 Å². The monoisotopic (exact) mass is 379 g/mol. The molecular formula is C19H16F3NO4. The molecule has 2 aromatic carbocycles. The molecule has 27 heavy (non-hydrogen) atoms. The van der Waals surface area contributed by atoms with E-state index in [9.17, 15) is 27.9 Å². The first-order valence-corrected chi connectivity index (χ1v) is 7.70. The first kappa shape index (κ1) is 20.0. The van der Waals surface area contributed by atoms with Gasteiger partial charge in [-0.05, 0) is 42.8 Å². The Labute approximate surface area is 153 Å². The lowest BCUT2D eigenvalue weighted by Crippen LogP contribution is -2.21. The predicted octanol–water partition coefficient (Wildman–Crippen LogP) is 4.03. The molecule has 0 saturated carbocycles. The number of methoxy groups -OCH3 is 1. The van der Waals surface area contributed by atoms with Crippen molar-refractivity contribution >= 4 is 23.5 Å². The third kappa shape index (κ3) is 4.87. The van der Waals surface area contributed by atoms with Crippen LogP contribution in [0.4, 0.5) is 18.9 Å². The molecule has 0 fully saturated rings. The molecule has 8 heteroatoms. The van der Waals surface area contributed by atoms with E-state index in [-0.39, 0.29) is 17.1 Å². The largest absolute Gasteiger partial charge is 0.504 e. The fourth-order valence-electron chi connectivity index (χ4n) is 2.32. The molecule has 5 nitrogen and oxygen atoms in total. The van der Waals surface area contributed by atoms with Crippen molar-refractivity contribution < 1.29 is 32.6 Å². The summed E-state index contributed by atoms with van der Waals surface area (Å²) in [7, 11) is 1.36. The number of ketones is 1. The lowest BCUT2D eigenvalue weighted by atomic mass is 10.1. The first-order chi connectivity index (χ1) is 12.6. The molecule has 0 atom stereocenters. The zero-order valence-corrected chi connectivity index (χ0v) is 14.4. The summed E-state index contributed by atoms with van der Waals surface area (Å²) in [5.41, 5.74) is -1.54. The number of nitrogens with one attached hydrogen (secondary N) is 1. The highest BCUT2D eigenvalue weighted by molar-refractivity contribution is 6.25. The summed E-state index contributed by atoms with van der Waals surface area (Å²) >= 11 is 0. The molecule has 2 N–H and O–H groups in total. The van der Waals surface area contributed by atoms with Gasteiger partial charge < -0.3 is 15.2 Å². The number of rotatable bonds is 5. The number of anilines is 1. The lowest BCUT2D eigenvalue weighted by molar-refractivity contribution is -0.137. The number of phenolic OH excluding ortho intramolecular Hbond substituents is 1. The van der Waals surface area contributed by atoms with E-state index >= 15 is 0 Å². The number of ether oxygens (including phenoxy) is 1. The van der Waals surface area contributed by atoms with Crippen LogP contribution in [0.15, 0.2) is 48.0 Å². The van der Waals surface area contributed by atoms with Crippen LogP contribution in [0.1, 0.15) is 18.1 Å². The number of halogens is 3. The fraction of sp³-hybridized carbons (Fsp3) is 0.158. The number of alkyl halides is 3. The topological polar surface area (TPSA) is 75.6 Å². The van der Waals surface area contributed by atoms with Crippen molar-refractivity contribution in [2.75, 3.05) is 12.4 Å². The SMILES string of the molecule is COc1ccc(/C=C(\C(C)=O)C(=O)Nc2ccccc2C(F)(F)F)cc1O. The Morgan fingerprint density at radius 3 is 2.37 bits per heavy atom. The second-order valence-corrected chi connectivity index (χ2v) is 5.54. The molecule has 0 aliphatic rings.